The lowest BCUT2D eigenvalue weighted by Crippen LogP contribution is -2.22. The maximum Gasteiger partial charge on any atom is 0.201 e. The van der Waals surface area contributed by atoms with Gasteiger partial charge in [0.05, 0.1) is 11.1 Å². The molecule has 0 aromatic heterocycles. The Kier molecular flexibility index (Phi) is 3.81. The van der Waals surface area contributed by atoms with E-state index >= 15 is 0 Å². The van der Waals surface area contributed by atoms with Crippen LogP contribution in [0.1, 0.15) is 43.0 Å². The van der Waals surface area contributed by atoms with E-state index in [1.54, 1.807) is 31.2 Å². The van der Waals surface area contributed by atoms with Gasteiger partial charge in [-0.3, -0.25) is 9.59 Å². The van der Waals surface area contributed by atoms with Crippen LogP contribution < -0.4 is 4.74 Å². The first kappa shape index (κ1) is 16.1. The van der Waals surface area contributed by atoms with Gasteiger partial charge in [0.1, 0.15) is 18.1 Å². The van der Waals surface area contributed by atoms with Gasteiger partial charge >= 0.3 is 0 Å². The Balaban J connectivity index is 1.78. The summed E-state index contributed by atoms with van der Waals surface area (Å²) in [6, 6.07) is 17.7. The second kappa shape index (κ2) is 6.15. The molecular weight excluding hydrogens is 328 g/mol. The van der Waals surface area contributed by atoms with Crippen LogP contribution in [0.15, 0.2) is 60.7 Å². The molecule has 0 saturated carbocycles. The Bertz CT molecular complexity index is 1040. The quantitative estimate of drug-likeness (QED) is 0.609. The van der Waals surface area contributed by atoms with Gasteiger partial charge in [-0.25, -0.2) is 0 Å². The zero-order valence-corrected chi connectivity index (χ0v) is 14.2. The highest BCUT2D eigenvalue weighted by atomic mass is 16.5. The van der Waals surface area contributed by atoms with E-state index in [2.05, 4.69) is 0 Å². The standard InChI is InChI=1S/C22H16O4/c1-13-10-16-19(17(23)11-13)22(25)20-15(21(16)24)8-5-9-18(20)26-12-14-6-3-2-4-7-14/h2-11,23H,12H2,1H3. The molecular formula is C22H16O4. The Morgan fingerprint density at radius 3 is 2.38 bits per heavy atom. The van der Waals surface area contributed by atoms with Crippen molar-refractivity contribution in [3.63, 3.8) is 0 Å². The van der Waals surface area contributed by atoms with Gasteiger partial charge in [-0.1, -0.05) is 42.5 Å². The van der Waals surface area contributed by atoms with E-state index in [0.717, 1.165) is 11.1 Å². The van der Waals surface area contributed by atoms with E-state index in [9.17, 15) is 14.7 Å². The Hall–Kier alpha value is -3.40. The lowest BCUT2D eigenvalue weighted by Gasteiger charge is -2.21. The SMILES string of the molecule is Cc1cc(O)c2c(c1)C(=O)c1cccc(OCc3ccccc3)c1C2=O. The molecule has 0 amide bonds. The highest BCUT2D eigenvalue weighted by Crippen LogP contribution is 2.37. The topological polar surface area (TPSA) is 63.6 Å². The summed E-state index contributed by atoms with van der Waals surface area (Å²) in [5.41, 5.74) is 2.48. The van der Waals surface area contributed by atoms with Crippen molar-refractivity contribution in [1.29, 1.82) is 0 Å². The number of carbonyl (C=O) groups excluding carboxylic acids is 2. The highest BCUT2D eigenvalue weighted by molar-refractivity contribution is 6.30. The summed E-state index contributed by atoms with van der Waals surface area (Å²) < 4.78 is 5.83. The van der Waals surface area contributed by atoms with E-state index < -0.39 is 5.78 Å². The van der Waals surface area contributed by atoms with Crippen molar-refractivity contribution in [3.8, 4) is 11.5 Å². The third-order valence-electron chi connectivity index (χ3n) is 4.47. The predicted octanol–water partition coefficient (Wildman–Crippen LogP) is 4.06. The van der Waals surface area contributed by atoms with E-state index in [1.165, 1.54) is 6.07 Å². The number of phenols is 1. The minimum Gasteiger partial charge on any atom is -0.507 e. The summed E-state index contributed by atoms with van der Waals surface area (Å²) in [6.07, 6.45) is 0. The number of ether oxygens (including phenoxy) is 1. The molecule has 1 aliphatic rings. The maximum absolute atomic E-state index is 13.0. The van der Waals surface area contributed by atoms with Gasteiger partial charge < -0.3 is 9.84 Å². The molecule has 1 aliphatic carbocycles. The number of aryl methyl sites for hydroxylation is 1. The first-order valence-electron chi connectivity index (χ1n) is 8.29. The van der Waals surface area contributed by atoms with Crippen LogP contribution in [0.5, 0.6) is 11.5 Å². The average molecular weight is 344 g/mol. The fraction of sp³-hybridized carbons (Fsp3) is 0.0909. The monoisotopic (exact) mass is 344 g/mol. The molecule has 0 fully saturated rings. The third kappa shape index (κ3) is 2.56. The number of aromatic hydroxyl groups is 1. The average Bonchev–Trinajstić information content (AvgIpc) is 2.64. The van der Waals surface area contributed by atoms with E-state index in [-0.39, 0.29) is 34.8 Å². The zero-order chi connectivity index (χ0) is 18.3. The largest absolute Gasteiger partial charge is 0.507 e. The summed E-state index contributed by atoms with van der Waals surface area (Å²) in [6.45, 7) is 2.05. The Labute approximate surface area is 150 Å². The maximum atomic E-state index is 13.0. The third-order valence-corrected chi connectivity index (χ3v) is 4.47. The van der Waals surface area contributed by atoms with Crippen LogP contribution in [0.3, 0.4) is 0 Å². The van der Waals surface area contributed by atoms with Gasteiger partial charge in [0, 0.05) is 11.1 Å². The molecule has 0 spiro atoms. The van der Waals surface area contributed by atoms with Gasteiger partial charge in [0.15, 0.2) is 5.78 Å². The zero-order valence-electron chi connectivity index (χ0n) is 14.2. The van der Waals surface area contributed by atoms with Gasteiger partial charge in [0.2, 0.25) is 5.78 Å². The summed E-state index contributed by atoms with van der Waals surface area (Å²) >= 11 is 0. The van der Waals surface area contributed by atoms with E-state index in [0.29, 0.717) is 11.3 Å². The van der Waals surface area contributed by atoms with Crippen LogP contribution in [-0.4, -0.2) is 16.7 Å². The summed E-state index contributed by atoms with van der Waals surface area (Å²) in [5, 5.41) is 10.2. The van der Waals surface area contributed by atoms with Crippen molar-refractivity contribution in [1.82, 2.24) is 0 Å². The lowest BCUT2D eigenvalue weighted by molar-refractivity contribution is 0.0972. The van der Waals surface area contributed by atoms with Gasteiger partial charge in [0.25, 0.3) is 0 Å². The number of fused-ring (bicyclic) bond motifs is 2. The van der Waals surface area contributed by atoms with Crippen LogP contribution in [0.4, 0.5) is 0 Å². The molecule has 0 bridgehead atoms. The molecule has 1 N–H and O–H groups in total. The highest BCUT2D eigenvalue weighted by Gasteiger charge is 2.34. The molecule has 0 unspecified atom stereocenters. The minimum atomic E-state index is -0.393. The summed E-state index contributed by atoms with van der Waals surface area (Å²) in [7, 11) is 0. The van der Waals surface area contributed by atoms with Gasteiger partial charge in [-0.2, -0.15) is 0 Å². The van der Waals surface area contributed by atoms with Crippen LogP contribution in [0.25, 0.3) is 0 Å². The second-order valence-corrected chi connectivity index (χ2v) is 6.32. The molecule has 3 aromatic carbocycles. The van der Waals surface area contributed by atoms with E-state index in [4.69, 9.17) is 4.74 Å². The molecule has 0 heterocycles. The molecule has 26 heavy (non-hydrogen) atoms. The molecule has 4 heteroatoms. The van der Waals surface area contributed by atoms with Crippen molar-refractivity contribution in [3.05, 3.63) is 94.0 Å². The Morgan fingerprint density at radius 2 is 1.62 bits per heavy atom. The smallest absolute Gasteiger partial charge is 0.201 e. The summed E-state index contributed by atoms with van der Waals surface area (Å²) in [4.78, 5) is 25.9. The fourth-order valence-electron chi connectivity index (χ4n) is 3.27. The number of hydrogen-bond donors (Lipinski definition) is 1. The number of benzene rings is 3. The lowest BCUT2D eigenvalue weighted by atomic mass is 9.82. The molecule has 4 rings (SSSR count). The van der Waals surface area contributed by atoms with Crippen LogP contribution in [-0.2, 0) is 6.61 Å². The van der Waals surface area contributed by atoms with Crippen LogP contribution in [0, 0.1) is 6.92 Å². The number of carbonyl (C=O) groups is 2. The molecule has 0 atom stereocenters. The molecule has 4 nitrogen and oxygen atoms in total. The number of hydrogen-bond acceptors (Lipinski definition) is 4. The van der Waals surface area contributed by atoms with Gasteiger partial charge in [-0.15, -0.1) is 0 Å². The first-order chi connectivity index (χ1) is 12.6. The number of ketones is 2. The minimum absolute atomic E-state index is 0.0452. The molecule has 3 aromatic rings. The fourth-order valence-corrected chi connectivity index (χ4v) is 3.27. The molecule has 0 aliphatic heterocycles. The summed E-state index contributed by atoms with van der Waals surface area (Å²) in [5.74, 6) is -0.508. The van der Waals surface area contributed by atoms with Crippen molar-refractivity contribution in [2.24, 2.45) is 0 Å². The van der Waals surface area contributed by atoms with Crippen LogP contribution >= 0.6 is 0 Å². The normalized spacial score (nSPS) is 12.5. The Morgan fingerprint density at radius 1 is 0.846 bits per heavy atom. The first-order valence-corrected chi connectivity index (χ1v) is 8.29. The number of phenolic OH excluding ortho intramolecular Hbond substituents is 1. The van der Waals surface area contributed by atoms with Crippen molar-refractivity contribution in [2.75, 3.05) is 0 Å². The predicted molar refractivity (Wildman–Crippen MR) is 96.9 cm³/mol. The van der Waals surface area contributed by atoms with E-state index in [1.807, 2.05) is 30.3 Å². The van der Waals surface area contributed by atoms with Crippen molar-refractivity contribution in [2.45, 2.75) is 13.5 Å². The van der Waals surface area contributed by atoms with Crippen LogP contribution in [0.2, 0.25) is 0 Å². The van der Waals surface area contributed by atoms with Gasteiger partial charge in [-0.05, 0) is 36.2 Å². The molecule has 0 saturated heterocycles. The number of rotatable bonds is 3. The molecule has 128 valence electrons. The van der Waals surface area contributed by atoms with Crippen molar-refractivity contribution >= 4 is 11.6 Å². The second-order valence-electron chi connectivity index (χ2n) is 6.32. The molecule has 0 radical (unpaired) electrons. The van der Waals surface area contributed by atoms with Crippen molar-refractivity contribution < 1.29 is 19.4 Å².